The number of anilines is 1. The number of H-pyrrole nitrogens is 1. The van der Waals surface area contributed by atoms with Crippen molar-refractivity contribution in [1.29, 1.82) is 0 Å². The Balaban J connectivity index is 3.32. The Bertz CT molecular complexity index is 342. The van der Waals surface area contributed by atoms with E-state index >= 15 is 0 Å². The van der Waals surface area contributed by atoms with Gasteiger partial charge in [-0.2, -0.15) is 0 Å². The predicted octanol–water partition coefficient (Wildman–Crippen LogP) is -0.445. The number of nitrogens with zero attached hydrogens (tertiary/aromatic N) is 1. The number of carbonyl (C=O) groups excluding carboxylic acids is 1. The van der Waals surface area contributed by atoms with Gasteiger partial charge in [0.1, 0.15) is 5.56 Å². The minimum absolute atomic E-state index is 0.0139. The van der Waals surface area contributed by atoms with E-state index in [1.165, 1.54) is 6.92 Å². The van der Waals surface area contributed by atoms with Crippen molar-refractivity contribution in [2.45, 2.75) is 6.92 Å². The van der Waals surface area contributed by atoms with Gasteiger partial charge in [0, 0.05) is 6.20 Å². The number of rotatable bonds is 1. The summed E-state index contributed by atoms with van der Waals surface area (Å²) in [6.45, 7) is 1.29. The van der Waals surface area contributed by atoms with Gasteiger partial charge in [-0.1, -0.05) is 0 Å². The Morgan fingerprint density at radius 1 is 1.73 bits per heavy atom. The molecule has 0 aliphatic rings. The number of hydrogen-bond acceptors (Lipinski definition) is 4. The molecule has 3 N–H and O–H groups in total. The second-order valence-electron chi connectivity index (χ2n) is 2.07. The first-order valence-corrected chi connectivity index (χ1v) is 2.97. The van der Waals surface area contributed by atoms with E-state index in [0.717, 1.165) is 6.20 Å². The van der Waals surface area contributed by atoms with Crippen molar-refractivity contribution in [2.24, 2.45) is 0 Å². The summed E-state index contributed by atoms with van der Waals surface area (Å²) in [5.41, 5.74) is 4.68. The normalized spacial score (nSPS) is 9.55. The fraction of sp³-hybridized carbons (Fsp3) is 0.167. The van der Waals surface area contributed by atoms with Gasteiger partial charge in [-0.25, -0.2) is 4.98 Å². The minimum atomic E-state index is -0.495. The number of nitrogens with one attached hydrogen (secondary N) is 1. The first-order valence-electron chi connectivity index (χ1n) is 2.97. The maximum Gasteiger partial charge on any atom is 0.263 e. The number of aromatic amines is 1. The van der Waals surface area contributed by atoms with E-state index in [1.54, 1.807) is 0 Å². The lowest BCUT2D eigenvalue weighted by atomic mass is 10.2. The summed E-state index contributed by atoms with van der Waals surface area (Å²) in [4.78, 5) is 27.3. The molecule has 0 aliphatic carbocycles. The molecule has 0 saturated heterocycles. The Morgan fingerprint density at radius 2 is 2.36 bits per heavy atom. The van der Waals surface area contributed by atoms with Crippen LogP contribution in [0.1, 0.15) is 17.3 Å². The molecular formula is C6H7N3O2. The SMILES string of the molecule is CC(=O)c1cnc(N)[nH]c1=O. The van der Waals surface area contributed by atoms with Crippen molar-refractivity contribution >= 4 is 11.7 Å². The minimum Gasteiger partial charge on any atom is -0.369 e. The third-order valence-corrected chi connectivity index (χ3v) is 1.20. The van der Waals surface area contributed by atoms with Crippen molar-refractivity contribution in [3.63, 3.8) is 0 Å². The molecule has 0 bridgehead atoms. The lowest BCUT2D eigenvalue weighted by Crippen LogP contribution is -2.18. The molecule has 1 heterocycles. The number of aromatic nitrogens is 2. The van der Waals surface area contributed by atoms with Gasteiger partial charge in [-0.3, -0.25) is 14.6 Å². The molecule has 1 aromatic rings. The van der Waals surface area contributed by atoms with Crippen LogP contribution >= 0.6 is 0 Å². The maximum atomic E-state index is 10.9. The zero-order valence-electron chi connectivity index (χ0n) is 5.92. The standard InChI is InChI=1S/C6H7N3O2/c1-3(10)4-2-8-6(7)9-5(4)11/h2H,1H3,(H3,7,8,9,11). The van der Waals surface area contributed by atoms with E-state index in [4.69, 9.17) is 5.73 Å². The Labute approximate surface area is 62.3 Å². The van der Waals surface area contributed by atoms with Gasteiger partial charge in [0.25, 0.3) is 5.56 Å². The summed E-state index contributed by atoms with van der Waals surface area (Å²) >= 11 is 0. The van der Waals surface area contributed by atoms with Gasteiger partial charge in [-0.15, -0.1) is 0 Å². The van der Waals surface area contributed by atoms with Crippen molar-refractivity contribution < 1.29 is 4.79 Å². The van der Waals surface area contributed by atoms with Crippen LogP contribution in [0, 0.1) is 0 Å². The van der Waals surface area contributed by atoms with Crippen LogP contribution in [0.5, 0.6) is 0 Å². The second-order valence-corrected chi connectivity index (χ2v) is 2.07. The Hall–Kier alpha value is -1.65. The number of carbonyl (C=O) groups is 1. The van der Waals surface area contributed by atoms with E-state index < -0.39 is 5.56 Å². The van der Waals surface area contributed by atoms with Gasteiger partial charge in [0.15, 0.2) is 11.7 Å². The molecule has 0 aliphatic heterocycles. The van der Waals surface area contributed by atoms with Crippen LogP contribution in [0.15, 0.2) is 11.0 Å². The largest absolute Gasteiger partial charge is 0.369 e. The molecular weight excluding hydrogens is 146 g/mol. The third-order valence-electron chi connectivity index (χ3n) is 1.20. The average molecular weight is 153 g/mol. The first-order chi connectivity index (χ1) is 5.11. The van der Waals surface area contributed by atoms with E-state index in [2.05, 4.69) is 9.97 Å². The van der Waals surface area contributed by atoms with E-state index in [9.17, 15) is 9.59 Å². The van der Waals surface area contributed by atoms with Crippen LogP contribution in [0.3, 0.4) is 0 Å². The van der Waals surface area contributed by atoms with Crippen LogP contribution in [0.25, 0.3) is 0 Å². The predicted molar refractivity (Wildman–Crippen MR) is 39.3 cm³/mol. The highest BCUT2D eigenvalue weighted by Crippen LogP contribution is 1.90. The van der Waals surface area contributed by atoms with Crippen molar-refractivity contribution in [3.8, 4) is 0 Å². The topological polar surface area (TPSA) is 88.8 Å². The highest BCUT2D eigenvalue weighted by atomic mass is 16.1. The molecule has 5 nitrogen and oxygen atoms in total. The Kier molecular flexibility index (Phi) is 1.72. The van der Waals surface area contributed by atoms with Crippen molar-refractivity contribution in [3.05, 3.63) is 22.1 Å². The summed E-state index contributed by atoms with van der Waals surface area (Å²) in [6.07, 6.45) is 1.16. The number of Topliss-reactive ketones (excluding diaryl/α,β-unsaturated/α-hetero) is 1. The number of nitrogen functional groups attached to an aromatic ring is 1. The second kappa shape index (κ2) is 2.53. The van der Waals surface area contributed by atoms with Crippen LogP contribution < -0.4 is 11.3 Å². The van der Waals surface area contributed by atoms with E-state index in [0.29, 0.717) is 0 Å². The Morgan fingerprint density at radius 3 is 2.82 bits per heavy atom. The molecule has 1 aromatic heterocycles. The van der Waals surface area contributed by atoms with E-state index in [-0.39, 0.29) is 17.3 Å². The van der Waals surface area contributed by atoms with Gasteiger partial charge in [0.2, 0.25) is 0 Å². The molecule has 0 aromatic carbocycles. The molecule has 0 amide bonds. The fourth-order valence-electron chi connectivity index (χ4n) is 0.659. The molecule has 0 unspecified atom stereocenters. The third kappa shape index (κ3) is 1.43. The number of nitrogens with two attached hydrogens (primary N) is 1. The summed E-state index contributed by atoms with van der Waals surface area (Å²) in [5.74, 6) is -0.307. The molecule has 0 spiro atoms. The molecule has 0 fully saturated rings. The highest BCUT2D eigenvalue weighted by Gasteiger charge is 2.04. The van der Waals surface area contributed by atoms with E-state index in [1.807, 2.05) is 0 Å². The van der Waals surface area contributed by atoms with Crippen LogP contribution in [-0.4, -0.2) is 15.8 Å². The zero-order chi connectivity index (χ0) is 8.43. The van der Waals surface area contributed by atoms with Gasteiger partial charge in [0.05, 0.1) is 0 Å². The lowest BCUT2D eigenvalue weighted by Gasteiger charge is -1.93. The summed E-state index contributed by atoms with van der Waals surface area (Å²) < 4.78 is 0. The first kappa shape index (κ1) is 7.46. The van der Waals surface area contributed by atoms with Gasteiger partial charge in [-0.05, 0) is 6.92 Å². The van der Waals surface area contributed by atoms with Crippen molar-refractivity contribution in [1.82, 2.24) is 9.97 Å². The fourth-order valence-corrected chi connectivity index (χ4v) is 0.659. The number of ketones is 1. The summed E-state index contributed by atoms with van der Waals surface area (Å²) in [7, 11) is 0. The highest BCUT2D eigenvalue weighted by molar-refractivity contribution is 5.93. The van der Waals surface area contributed by atoms with Gasteiger partial charge >= 0.3 is 0 Å². The molecule has 0 radical (unpaired) electrons. The summed E-state index contributed by atoms with van der Waals surface area (Å²) in [6, 6.07) is 0. The number of hydrogen-bond donors (Lipinski definition) is 2. The van der Waals surface area contributed by atoms with Crippen LogP contribution in [-0.2, 0) is 0 Å². The molecule has 58 valence electrons. The molecule has 1 rings (SSSR count). The molecule has 11 heavy (non-hydrogen) atoms. The maximum absolute atomic E-state index is 10.9. The lowest BCUT2D eigenvalue weighted by molar-refractivity contribution is 0.101. The molecule has 0 atom stereocenters. The quantitative estimate of drug-likeness (QED) is 0.535. The van der Waals surface area contributed by atoms with Crippen molar-refractivity contribution in [2.75, 3.05) is 5.73 Å². The zero-order valence-corrected chi connectivity index (χ0v) is 5.92. The summed E-state index contributed by atoms with van der Waals surface area (Å²) in [5, 5.41) is 0. The van der Waals surface area contributed by atoms with Gasteiger partial charge < -0.3 is 5.73 Å². The average Bonchev–Trinajstić information content (AvgIpc) is 1.85. The monoisotopic (exact) mass is 153 g/mol. The van der Waals surface area contributed by atoms with Crippen LogP contribution in [0.2, 0.25) is 0 Å². The molecule has 0 saturated carbocycles. The smallest absolute Gasteiger partial charge is 0.263 e. The van der Waals surface area contributed by atoms with Crippen LogP contribution in [0.4, 0.5) is 5.95 Å². The molecule has 5 heteroatoms.